The van der Waals surface area contributed by atoms with Crippen LogP contribution in [-0.2, 0) is 19.1 Å². The van der Waals surface area contributed by atoms with Gasteiger partial charge < -0.3 is 14.6 Å². The van der Waals surface area contributed by atoms with E-state index < -0.39 is 6.10 Å². The highest BCUT2D eigenvalue weighted by Crippen LogP contribution is 2.14. The molecule has 0 aliphatic carbocycles. The lowest BCUT2D eigenvalue weighted by molar-refractivity contribution is -0.161. The van der Waals surface area contributed by atoms with E-state index in [1.165, 1.54) is 109 Å². The van der Waals surface area contributed by atoms with Crippen LogP contribution in [0, 0.1) is 0 Å². The van der Waals surface area contributed by atoms with Gasteiger partial charge in [-0.3, -0.25) is 9.59 Å². The standard InChI is InChI=1S/C44H76O5/c1-3-5-7-9-11-13-15-17-18-19-20-21-22-23-24-25-27-29-31-33-35-37-39-44(47)49-42(40-45)41-48-43(46)38-36-34-32-30-28-26-16-14-12-10-8-6-4-2/h6,8,10,12,14,16,22-23,26,28,42,45H,3-5,7,9,11,13,15,17-21,24-25,27,29-41H2,1-2H3/b8-6+,12-10+,16-14+,23-22+,28-26+. The molecule has 0 fully saturated rings. The number of aliphatic hydroxyl groups is 1. The van der Waals surface area contributed by atoms with E-state index in [1.807, 2.05) is 36.5 Å². The van der Waals surface area contributed by atoms with Gasteiger partial charge in [-0.05, 0) is 57.8 Å². The summed E-state index contributed by atoms with van der Waals surface area (Å²) in [5.41, 5.74) is 0. The summed E-state index contributed by atoms with van der Waals surface area (Å²) < 4.78 is 10.6. The second kappa shape index (κ2) is 40.0. The van der Waals surface area contributed by atoms with Crippen LogP contribution < -0.4 is 0 Å². The Morgan fingerprint density at radius 1 is 0.490 bits per heavy atom. The van der Waals surface area contributed by atoms with Crippen LogP contribution in [0.3, 0.4) is 0 Å². The zero-order valence-corrected chi connectivity index (χ0v) is 31.9. The van der Waals surface area contributed by atoms with Crippen LogP contribution in [0.15, 0.2) is 60.8 Å². The summed E-state index contributed by atoms with van der Waals surface area (Å²) in [6, 6.07) is 0. The number of hydrogen-bond donors (Lipinski definition) is 1. The average Bonchev–Trinajstić information content (AvgIpc) is 3.10. The van der Waals surface area contributed by atoms with E-state index in [0.29, 0.717) is 12.8 Å². The Bertz CT molecular complexity index is 869. The first-order valence-electron chi connectivity index (χ1n) is 20.4. The van der Waals surface area contributed by atoms with E-state index in [1.54, 1.807) is 0 Å². The highest BCUT2D eigenvalue weighted by atomic mass is 16.6. The molecule has 0 aliphatic heterocycles. The molecule has 282 valence electrons. The molecule has 0 heterocycles. The summed E-state index contributed by atoms with van der Waals surface area (Å²) in [7, 11) is 0. The largest absolute Gasteiger partial charge is 0.462 e. The Balaban J connectivity index is 3.58. The molecule has 0 amide bonds. The van der Waals surface area contributed by atoms with Crippen molar-refractivity contribution in [3.8, 4) is 0 Å². The molecule has 0 aromatic heterocycles. The third-order valence-corrected chi connectivity index (χ3v) is 8.64. The van der Waals surface area contributed by atoms with Gasteiger partial charge >= 0.3 is 11.9 Å². The second-order valence-corrected chi connectivity index (χ2v) is 13.4. The number of carbonyl (C=O) groups is 2. The number of allylic oxidation sites excluding steroid dienone is 10. The van der Waals surface area contributed by atoms with Gasteiger partial charge in [0.2, 0.25) is 0 Å². The van der Waals surface area contributed by atoms with Gasteiger partial charge in [0.05, 0.1) is 6.61 Å². The Morgan fingerprint density at radius 3 is 1.41 bits per heavy atom. The molecule has 5 heteroatoms. The lowest BCUT2D eigenvalue weighted by Crippen LogP contribution is -2.28. The molecular formula is C44H76O5. The minimum absolute atomic E-state index is 0.0899. The van der Waals surface area contributed by atoms with Crippen LogP contribution in [0.2, 0.25) is 0 Å². The molecule has 0 spiro atoms. The topological polar surface area (TPSA) is 72.8 Å². The normalized spacial score (nSPS) is 12.8. The van der Waals surface area contributed by atoms with Crippen LogP contribution in [0.5, 0.6) is 0 Å². The lowest BCUT2D eigenvalue weighted by Gasteiger charge is -2.15. The smallest absolute Gasteiger partial charge is 0.306 e. The number of rotatable bonds is 36. The first kappa shape index (κ1) is 46.6. The summed E-state index contributed by atoms with van der Waals surface area (Å²) in [5.74, 6) is -0.644. The fourth-order valence-electron chi connectivity index (χ4n) is 5.56. The minimum Gasteiger partial charge on any atom is -0.462 e. The van der Waals surface area contributed by atoms with Crippen molar-refractivity contribution in [1.29, 1.82) is 0 Å². The molecule has 0 radical (unpaired) electrons. The van der Waals surface area contributed by atoms with E-state index >= 15 is 0 Å². The number of ether oxygens (including phenoxy) is 2. The second-order valence-electron chi connectivity index (χ2n) is 13.4. The van der Waals surface area contributed by atoms with Crippen LogP contribution in [0.1, 0.15) is 187 Å². The summed E-state index contributed by atoms with van der Waals surface area (Å²) in [6.07, 6.45) is 51.5. The van der Waals surface area contributed by atoms with Crippen LogP contribution in [0.4, 0.5) is 0 Å². The highest BCUT2D eigenvalue weighted by molar-refractivity contribution is 5.70. The van der Waals surface area contributed by atoms with Crippen molar-refractivity contribution in [1.82, 2.24) is 0 Å². The number of carbonyl (C=O) groups excluding carboxylic acids is 2. The van der Waals surface area contributed by atoms with Crippen molar-refractivity contribution < 1.29 is 24.2 Å². The Morgan fingerprint density at radius 2 is 0.898 bits per heavy atom. The monoisotopic (exact) mass is 685 g/mol. The summed E-state index contributed by atoms with van der Waals surface area (Å²) in [6.45, 7) is 3.96. The summed E-state index contributed by atoms with van der Waals surface area (Å²) in [5, 5.41) is 9.55. The maximum Gasteiger partial charge on any atom is 0.306 e. The fraction of sp³-hybridized carbons (Fsp3) is 0.727. The van der Waals surface area contributed by atoms with Crippen molar-refractivity contribution in [2.75, 3.05) is 13.2 Å². The fourth-order valence-corrected chi connectivity index (χ4v) is 5.56. The third-order valence-electron chi connectivity index (χ3n) is 8.64. The molecule has 0 saturated heterocycles. The molecule has 1 unspecified atom stereocenters. The van der Waals surface area contributed by atoms with E-state index in [0.717, 1.165) is 51.4 Å². The van der Waals surface area contributed by atoms with Gasteiger partial charge in [-0.1, -0.05) is 177 Å². The van der Waals surface area contributed by atoms with Gasteiger partial charge in [0.25, 0.3) is 0 Å². The SMILES string of the molecule is CC/C=C/C=C/C=C/C=C/CCCCCC(=O)OCC(CO)OC(=O)CCCCCCCCC/C=C/CCCCCCCCCCCCC. The third kappa shape index (κ3) is 38.3. The minimum atomic E-state index is -0.791. The van der Waals surface area contributed by atoms with Gasteiger partial charge in [-0.15, -0.1) is 0 Å². The molecule has 0 aromatic rings. The molecule has 49 heavy (non-hydrogen) atoms. The molecule has 0 bridgehead atoms. The van der Waals surface area contributed by atoms with Gasteiger partial charge in [-0.25, -0.2) is 0 Å². The van der Waals surface area contributed by atoms with E-state index in [-0.39, 0.29) is 25.2 Å². The van der Waals surface area contributed by atoms with E-state index in [9.17, 15) is 14.7 Å². The molecular weight excluding hydrogens is 608 g/mol. The Labute approximate surface area is 302 Å². The first-order valence-corrected chi connectivity index (χ1v) is 20.4. The van der Waals surface area contributed by atoms with E-state index in [4.69, 9.17) is 9.47 Å². The maximum absolute atomic E-state index is 12.2. The number of aliphatic hydroxyl groups excluding tert-OH is 1. The van der Waals surface area contributed by atoms with Crippen molar-refractivity contribution in [2.24, 2.45) is 0 Å². The van der Waals surface area contributed by atoms with Crippen molar-refractivity contribution in [3.05, 3.63) is 60.8 Å². The van der Waals surface area contributed by atoms with Gasteiger partial charge in [0.15, 0.2) is 6.10 Å². The lowest BCUT2D eigenvalue weighted by atomic mass is 10.0. The van der Waals surface area contributed by atoms with Crippen molar-refractivity contribution >= 4 is 11.9 Å². The summed E-state index contributed by atoms with van der Waals surface area (Å²) in [4.78, 5) is 24.2. The van der Waals surface area contributed by atoms with E-state index in [2.05, 4.69) is 38.2 Å². The molecule has 5 nitrogen and oxygen atoms in total. The van der Waals surface area contributed by atoms with Crippen molar-refractivity contribution in [3.63, 3.8) is 0 Å². The highest BCUT2D eigenvalue weighted by Gasteiger charge is 2.16. The van der Waals surface area contributed by atoms with Gasteiger partial charge in [0, 0.05) is 12.8 Å². The zero-order valence-electron chi connectivity index (χ0n) is 31.9. The molecule has 0 aromatic carbocycles. The molecule has 0 rings (SSSR count). The van der Waals surface area contributed by atoms with Gasteiger partial charge in [0.1, 0.15) is 6.61 Å². The van der Waals surface area contributed by atoms with Crippen LogP contribution in [-0.4, -0.2) is 36.4 Å². The van der Waals surface area contributed by atoms with Crippen LogP contribution >= 0.6 is 0 Å². The van der Waals surface area contributed by atoms with Gasteiger partial charge in [-0.2, -0.15) is 0 Å². The predicted molar refractivity (Wildman–Crippen MR) is 210 cm³/mol. The number of esters is 2. The Kier molecular flexibility index (Phi) is 38.1. The predicted octanol–water partition coefficient (Wildman–Crippen LogP) is 12.8. The Hall–Kier alpha value is -2.40. The number of unbranched alkanes of at least 4 members (excludes halogenated alkanes) is 21. The quantitative estimate of drug-likeness (QED) is 0.0308. The molecule has 0 aliphatic rings. The zero-order chi connectivity index (χ0) is 35.7. The molecule has 0 saturated carbocycles. The first-order chi connectivity index (χ1) is 24.1. The summed E-state index contributed by atoms with van der Waals surface area (Å²) >= 11 is 0. The van der Waals surface area contributed by atoms with Crippen LogP contribution in [0.25, 0.3) is 0 Å². The number of hydrogen-bond acceptors (Lipinski definition) is 5. The average molecular weight is 685 g/mol. The molecule has 1 N–H and O–H groups in total. The maximum atomic E-state index is 12.2. The van der Waals surface area contributed by atoms with Crippen molar-refractivity contribution in [2.45, 2.75) is 193 Å². The molecule has 1 atom stereocenters.